The first kappa shape index (κ1) is 16.2. The number of amides is 2. The van der Waals surface area contributed by atoms with Crippen molar-refractivity contribution in [2.45, 2.75) is 44.1 Å². The summed E-state index contributed by atoms with van der Waals surface area (Å²) in [6.45, 7) is 3.95. The third kappa shape index (κ3) is 3.71. The van der Waals surface area contributed by atoms with E-state index in [1.165, 1.54) is 4.90 Å². The first-order valence-electron chi connectivity index (χ1n) is 7.01. The number of carbonyl (C=O) groups is 2. The number of thioether (sulfide) groups is 1. The number of carboxylic acid groups (broad SMARTS) is 1. The molecule has 7 heteroatoms. The van der Waals surface area contributed by atoms with E-state index in [0.29, 0.717) is 5.75 Å². The number of carboxylic acids is 1. The quantitative estimate of drug-likeness (QED) is 0.871. The molecule has 0 aliphatic carbocycles. The molecule has 0 radical (unpaired) electrons. The molecule has 5 nitrogen and oxygen atoms in total. The van der Waals surface area contributed by atoms with Crippen molar-refractivity contribution in [1.82, 2.24) is 10.2 Å². The molecule has 116 valence electrons. The lowest BCUT2D eigenvalue weighted by Crippen LogP contribution is -2.50. The van der Waals surface area contributed by atoms with Crippen molar-refractivity contribution in [2.24, 2.45) is 0 Å². The highest BCUT2D eigenvalue weighted by atomic mass is 32.2. The Kier molecular flexibility index (Phi) is 5.52. The average molecular weight is 328 g/mol. The Morgan fingerprint density at radius 3 is 2.90 bits per heavy atom. The van der Waals surface area contributed by atoms with E-state index in [1.54, 1.807) is 23.1 Å². The highest BCUT2D eigenvalue weighted by Crippen LogP contribution is 2.32. The van der Waals surface area contributed by atoms with Crippen LogP contribution in [0, 0.1) is 0 Å². The minimum Gasteiger partial charge on any atom is -0.480 e. The van der Waals surface area contributed by atoms with Crippen LogP contribution in [0.4, 0.5) is 4.79 Å². The van der Waals surface area contributed by atoms with Crippen molar-refractivity contribution >= 4 is 35.1 Å². The Morgan fingerprint density at radius 2 is 2.33 bits per heavy atom. The molecule has 0 saturated carbocycles. The van der Waals surface area contributed by atoms with Crippen LogP contribution in [0.2, 0.25) is 0 Å². The van der Waals surface area contributed by atoms with Crippen LogP contribution < -0.4 is 5.32 Å². The molecule has 21 heavy (non-hydrogen) atoms. The molecule has 1 aromatic rings. The largest absolute Gasteiger partial charge is 0.480 e. The van der Waals surface area contributed by atoms with Gasteiger partial charge in [0, 0.05) is 10.6 Å². The van der Waals surface area contributed by atoms with Crippen molar-refractivity contribution in [2.75, 3.05) is 5.75 Å². The second-order valence-electron chi connectivity index (χ2n) is 5.02. The predicted molar refractivity (Wildman–Crippen MR) is 85.7 cm³/mol. The molecule has 1 aliphatic heterocycles. The van der Waals surface area contributed by atoms with Gasteiger partial charge < -0.3 is 10.4 Å². The van der Waals surface area contributed by atoms with Gasteiger partial charge in [0.25, 0.3) is 0 Å². The number of rotatable bonds is 5. The fourth-order valence-corrected chi connectivity index (χ4v) is 4.61. The average Bonchev–Trinajstić information content (AvgIpc) is 3.08. The van der Waals surface area contributed by atoms with Crippen LogP contribution in [0.5, 0.6) is 0 Å². The summed E-state index contributed by atoms with van der Waals surface area (Å²) in [4.78, 5) is 26.4. The molecule has 3 unspecified atom stereocenters. The van der Waals surface area contributed by atoms with E-state index in [1.807, 2.05) is 31.4 Å². The SMILES string of the molecule is CCCC1SCC(C(=O)O)N1C(=O)NC(C)c1cccs1. The van der Waals surface area contributed by atoms with E-state index in [4.69, 9.17) is 0 Å². The van der Waals surface area contributed by atoms with Crippen LogP contribution in [0.3, 0.4) is 0 Å². The first-order valence-corrected chi connectivity index (χ1v) is 8.94. The van der Waals surface area contributed by atoms with Gasteiger partial charge in [0.1, 0.15) is 6.04 Å². The Bertz CT molecular complexity index is 492. The summed E-state index contributed by atoms with van der Waals surface area (Å²) in [6.07, 6.45) is 1.74. The zero-order valence-corrected chi connectivity index (χ0v) is 13.7. The maximum atomic E-state index is 12.5. The van der Waals surface area contributed by atoms with Crippen LogP contribution in [0.25, 0.3) is 0 Å². The number of carbonyl (C=O) groups excluding carboxylic acids is 1. The van der Waals surface area contributed by atoms with Crippen molar-refractivity contribution in [3.63, 3.8) is 0 Å². The first-order chi connectivity index (χ1) is 10.0. The van der Waals surface area contributed by atoms with Gasteiger partial charge in [0.15, 0.2) is 0 Å². The van der Waals surface area contributed by atoms with Gasteiger partial charge in [-0.25, -0.2) is 9.59 Å². The van der Waals surface area contributed by atoms with Crippen LogP contribution in [-0.2, 0) is 4.79 Å². The monoisotopic (exact) mass is 328 g/mol. The molecule has 1 saturated heterocycles. The molecule has 2 rings (SSSR count). The van der Waals surface area contributed by atoms with E-state index >= 15 is 0 Å². The van der Waals surface area contributed by atoms with Gasteiger partial charge in [0.05, 0.1) is 11.4 Å². The second kappa shape index (κ2) is 7.17. The predicted octanol–water partition coefficient (Wildman–Crippen LogP) is 3.15. The summed E-state index contributed by atoms with van der Waals surface area (Å²) in [5, 5.41) is 14.1. The summed E-state index contributed by atoms with van der Waals surface area (Å²) in [5.41, 5.74) is 0. The number of thiophene rings is 1. The van der Waals surface area contributed by atoms with Crippen LogP contribution in [0.15, 0.2) is 17.5 Å². The zero-order chi connectivity index (χ0) is 15.4. The van der Waals surface area contributed by atoms with E-state index in [9.17, 15) is 14.7 Å². The van der Waals surface area contributed by atoms with Crippen LogP contribution in [0.1, 0.15) is 37.6 Å². The highest BCUT2D eigenvalue weighted by Gasteiger charge is 2.41. The standard InChI is InChI=1S/C14H20N2O3S2/c1-3-5-12-16(10(8-21-12)13(17)18)14(19)15-9(2)11-6-4-7-20-11/h4,6-7,9-10,12H,3,5,8H2,1-2H3,(H,15,19)(H,17,18). The van der Waals surface area contributed by atoms with Crippen molar-refractivity contribution in [1.29, 1.82) is 0 Å². The Hall–Kier alpha value is -1.21. The molecule has 2 N–H and O–H groups in total. The third-order valence-corrected chi connectivity index (χ3v) is 5.87. The molecule has 2 heterocycles. The zero-order valence-electron chi connectivity index (χ0n) is 12.1. The maximum Gasteiger partial charge on any atom is 0.327 e. The summed E-state index contributed by atoms with van der Waals surface area (Å²) < 4.78 is 0. The van der Waals surface area contributed by atoms with Gasteiger partial charge in [0.2, 0.25) is 0 Å². The Balaban J connectivity index is 2.07. The molecule has 0 spiro atoms. The van der Waals surface area contributed by atoms with Crippen molar-refractivity contribution in [3.8, 4) is 0 Å². The normalized spacial score (nSPS) is 23.0. The molecule has 1 aromatic heterocycles. The van der Waals surface area contributed by atoms with Gasteiger partial charge >= 0.3 is 12.0 Å². The van der Waals surface area contributed by atoms with E-state index < -0.39 is 12.0 Å². The van der Waals surface area contributed by atoms with E-state index in [2.05, 4.69) is 5.32 Å². The Morgan fingerprint density at radius 1 is 1.57 bits per heavy atom. The fraction of sp³-hybridized carbons (Fsp3) is 0.571. The molecule has 1 aliphatic rings. The van der Waals surface area contributed by atoms with Gasteiger partial charge in [-0.1, -0.05) is 19.4 Å². The lowest BCUT2D eigenvalue weighted by atomic mass is 10.2. The van der Waals surface area contributed by atoms with Crippen LogP contribution >= 0.6 is 23.1 Å². The second-order valence-corrected chi connectivity index (χ2v) is 7.21. The molecular weight excluding hydrogens is 308 g/mol. The van der Waals surface area contributed by atoms with Crippen molar-refractivity contribution < 1.29 is 14.7 Å². The van der Waals surface area contributed by atoms with Gasteiger partial charge in [-0.05, 0) is 24.8 Å². The molecule has 3 atom stereocenters. The fourth-order valence-electron chi connectivity index (χ4n) is 2.36. The number of hydrogen-bond donors (Lipinski definition) is 2. The highest BCUT2D eigenvalue weighted by molar-refractivity contribution is 8.00. The lowest BCUT2D eigenvalue weighted by Gasteiger charge is -2.28. The number of aliphatic carboxylic acids is 1. The molecular formula is C14H20N2O3S2. The molecule has 0 aromatic carbocycles. The Labute approximate surface area is 132 Å². The van der Waals surface area contributed by atoms with E-state index in [0.717, 1.165) is 17.7 Å². The number of hydrogen-bond acceptors (Lipinski definition) is 4. The minimum absolute atomic E-state index is 0.0494. The van der Waals surface area contributed by atoms with Gasteiger partial charge in [-0.2, -0.15) is 0 Å². The summed E-state index contributed by atoms with van der Waals surface area (Å²) >= 11 is 3.13. The third-order valence-electron chi connectivity index (χ3n) is 3.46. The van der Waals surface area contributed by atoms with Gasteiger partial charge in [-0.15, -0.1) is 23.1 Å². The minimum atomic E-state index is -0.931. The molecule has 1 fully saturated rings. The van der Waals surface area contributed by atoms with Gasteiger partial charge in [-0.3, -0.25) is 4.90 Å². The molecule has 2 amide bonds. The smallest absolute Gasteiger partial charge is 0.327 e. The van der Waals surface area contributed by atoms with Crippen molar-refractivity contribution in [3.05, 3.63) is 22.4 Å². The van der Waals surface area contributed by atoms with E-state index in [-0.39, 0.29) is 17.4 Å². The number of urea groups is 1. The topological polar surface area (TPSA) is 69.6 Å². The summed E-state index contributed by atoms with van der Waals surface area (Å²) in [5.74, 6) is -0.471. The molecule has 0 bridgehead atoms. The summed E-state index contributed by atoms with van der Waals surface area (Å²) in [7, 11) is 0. The van der Waals surface area contributed by atoms with Crippen LogP contribution in [-0.4, -0.2) is 39.2 Å². The maximum absolute atomic E-state index is 12.5. The lowest BCUT2D eigenvalue weighted by molar-refractivity contribution is -0.141. The summed E-state index contributed by atoms with van der Waals surface area (Å²) in [6, 6.07) is 2.77. The number of nitrogens with one attached hydrogen (secondary N) is 1. The number of nitrogens with zero attached hydrogens (tertiary/aromatic N) is 1.